The van der Waals surface area contributed by atoms with E-state index in [2.05, 4.69) is 31.3 Å². The van der Waals surface area contributed by atoms with Crippen LogP contribution < -0.4 is 5.32 Å². The minimum atomic E-state index is 0.469. The number of hydrogen-bond acceptors (Lipinski definition) is 1. The third-order valence-corrected chi connectivity index (χ3v) is 4.79. The van der Waals surface area contributed by atoms with Crippen molar-refractivity contribution in [3.63, 3.8) is 0 Å². The first-order valence-corrected chi connectivity index (χ1v) is 8.58. The van der Waals surface area contributed by atoms with Gasteiger partial charge >= 0.3 is 0 Å². The Bertz CT molecular complexity index is 410. The topological polar surface area (TPSA) is 12.0 Å². The number of nitrogens with one attached hydrogen (secondary N) is 1. The highest BCUT2D eigenvalue weighted by Crippen LogP contribution is 2.33. The van der Waals surface area contributed by atoms with Crippen molar-refractivity contribution in [2.45, 2.75) is 64.8 Å². The Morgan fingerprint density at radius 2 is 2.00 bits per heavy atom. The number of benzene rings is 1. The molecule has 1 saturated carbocycles. The van der Waals surface area contributed by atoms with E-state index in [-0.39, 0.29) is 0 Å². The molecule has 1 aromatic rings. The molecule has 0 radical (unpaired) electrons. The Morgan fingerprint density at radius 3 is 2.70 bits per heavy atom. The molecule has 1 N–H and O–H groups in total. The van der Waals surface area contributed by atoms with Crippen LogP contribution in [-0.4, -0.2) is 6.54 Å². The van der Waals surface area contributed by atoms with Crippen LogP contribution in [0, 0.1) is 12.8 Å². The molecule has 1 atom stereocenters. The molecular weight excluding hydrogens is 266 g/mol. The van der Waals surface area contributed by atoms with Gasteiger partial charge in [0.1, 0.15) is 0 Å². The lowest BCUT2D eigenvalue weighted by atomic mass is 9.82. The molecule has 2 heteroatoms. The quantitative estimate of drug-likeness (QED) is 0.713. The molecule has 0 bridgehead atoms. The van der Waals surface area contributed by atoms with Crippen molar-refractivity contribution in [2.75, 3.05) is 6.54 Å². The van der Waals surface area contributed by atoms with Crippen LogP contribution in [0.1, 0.15) is 69.0 Å². The van der Waals surface area contributed by atoms with E-state index in [1.165, 1.54) is 56.1 Å². The summed E-state index contributed by atoms with van der Waals surface area (Å²) in [7, 11) is 0. The molecule has 1 fully saturated rings. The van der Waals surface area contributed by atoms with Crippen molar-refractivity contribution in [3.8, 4) is 0 Å². The highest BCUT2D eigenvalue weighted by Gasteiger charge is 2.21. The van der Waals surface area contributed by atoms with Gasteiger partial charge in [-0.3, -0.25) is 0 Å². The zero-order valence-corrected chi connectivity index (χ0v) is 13.7. The summed E-state index contributed by atoms with van der Waals surface area (Å²) in [4.78, 5) is 0. The maximum Gasteiger partial charge on any atom is 0.0409 e. The van der Waals surface area contributed by atoms with E-state index >= 15 is 0 Å². The SMILES string of the molecule is CCCNC(CC1CCCCC1)c1cc(Cl)ccc1C. The molecule has 112 valence electrons. The molecule has 1 aliphatic carbocycles. The van der Waals surface area contributed by atoms with Crippen molar-refractivity contribution in [1.82, 2.24) is 5.32 Å². The van der Waals surface area contributed by atoms with Crippen LogP contribution in [0.4, 0.5) is 0 Å². The molecule has 0 aliphatic heterocycles. The summed E-state index contributed by atoms with van der Waals surface area (Å²) in [5.41, 5.74) is 2.76. The standard InChI is InChI=1S/C18H28ClN/c1-3-11-20-18(12-15-7-5-4-6-8-15)17-13-16(19)10-9-14(17)2/h9-10,13,15,18,20H,3-8,11-12H2,1-2H3. The molecule has 2 rings (SSSR count). The largest absolute Gasteiger partial charge is 0.310 e. The fourth-order valence-electron chi connectivity index (χ4n) is 3.38. The van der Waals surface area contributed by atoms with E-state index in [1.54, 1.807) is 0 Å². The smallest absolute Gasteiger partial charge is 0.0409 e. The van der Waals surface area contributed by atoms with Gasteiger partial charge in [-0.2, -0.15) is 0 Å². The number of halogens is 1. The van der Waals surface area contributed by atoms with E-state index in [0.717, 1.165) is 17.5 Å². The van der Waals surface area contributed by atoms with Gasteiger partial charge in [0.05, 0.1) is 0 Å². The van der Waals surface area contributed by atoms with E-state index in [0.29, 0.717) is 6.04 Å². The van der Waals surface area contributed by atoms with Crippen LogP contribution in [0.2, 0.25) is 5.02 Å². The lowest BCUT2D eigenvalue weighted by molar-refractivity contribution is 0.299. The molecule has 0 aromatic heterocycles. The van der Waals surface area contributed by atoms with Crippen molar-refractivity contribution in [1.29, 1.82) is 0 Å². The van der Waals surface area contributed by atoms with Crippen LogP contribution in [0.5, 0.6) is 0 Å². The molecule has 20 heavy (non-hydrogen) atoms. The van der Waals surface area contributed by atoms with Gasteiger partial charge in [0.25, 0.3) is 0 Å². The maximum absolute atomic E-state index is 6.21. The van der Waals surface area contributed by atoms with Gasteiger partial charge in [0.15, 0.2) is 0 Å². The second kappa shape index (κ2) is 8.05. The zero-order chi connectivity index (χ0) is 14.4. The molecular formula is C18H28ClN. The zero-order valence-electron chi connectivity index (χ0n) is 12.9. The first-order valence-electron chi connectivity index (χ1n) is 8.20. The lowest BCUT2D eigenvalue weighted by Crippen LogP contribution is -2.26. The Hall–Kier alpha value is -0.530. The fraction of sp³-hybridized carbons (Fsp3) is 0.667. The van der Waals surface area contributed by atoms with Crippen LogP contribution in [0.25, 0.3) is 0 Å². The molecule has 0 amide bonds. The normalized spacial score (nSPS) is 18.1. The van der Waals surface area contributed by atoms with Gasteiger partial charge in [-0.25, -0.2) is 0 Å². The highest BCUT2D eigenvalue weighted by molar-refractivity contribution is 6.30. The summed E-state index contributed by atoms with van der Waals surface area (Å²) < 4.78 is 0. The number of rotatable bonds is 6. The molecule has 0 saturated heterocycles. The second-order valence-corrected chi connectivity index (χ2v) is 6.68. The van der Waals surface area contributed by atoms with E-state index < -0.39 is 0 Å². The van der Waals surface area contributed by atoms with Crippen molar-refractivity contribution < 1.29 is 0 Å². The van der Waals surface area contributed by atoms with Gasteiger partial charge in [-0.1, -0.05) is 56.7 Å². The lowest BCUT2D eigenvalue weighted by Gasteiger charge is -2.28. The first kappa shape index (κ1) is 15.9. The Kier molecular flexibility index (Phi) is 6.38. The summed E-state index contributed by atoms with van der Waals surface area (Å²) in [6, 6.07) is 6.78. The monoisotopic (exact) mass is 293 g/mol. The van der Waals surface area contributed by atoms with Gasteiger partial charge in [-0.05, 0) is 55.5 Å². The highest BCUT2D eigenvalue weighted by atomic mass is 35.5. The molecule has 1 aromatic carbocycles. The summed E-state index contributed by atoms with van der Waals surface area (Å²) in [5, 5.41) is 4.60. The van der Waals surface area contributed by atoms with Gasteiger partial charge in [0, 0.05) is 11.1 Å². The molecule has 1 unspecified atom stereocenters. The Labute approximate surface area is 129 Å². The third kappa shape index (κ3) is 4.49. The first-order chi connectivity index (χ1) is 9.70. The van der Waals surface area contributed by atoms with Gasteiger partial charge in [-0.15, -0.1) is 0 Å². The number of hydrogen-bond donors (Lipinski definition) is 1. The summed E-state index contributed by atoms with van der Waals surface area (Å²) in [6.07, 6.45) is 9.52. The Morgan fingerprint density at radius 1 is 1.25 bits per heavy atom. The van der Waals surface area contributed by atoms with E-state index in [9.17, 15) is 0 Å². The second-order valence-electron chi connectivity index (χ2n) is 6.25. The number of aryl methyl sites for hydroxylation is 1. The van der Waals surface area contributed by atoms with Crippen molar-refractivity contribution in [3.05, 3.63) is 34.3 Å². The Balaban J connectivity index is 2.10. The molecule has 0 heterocycles. The van der Waals surface area contributed by atoms with Crippen LogP contribution in [0.3, 0.4) is 0 Å². The van der Waals surface area contributed by atoms with Gasteiger partial charge < -0.3 is 5.32 Å². The van der Waals surface area contributed by atoms with E-state index in [4.69, 9.17) is 11.6 Å². The van der Waals surface area contributed by atoms with E-state index in [1.807, 2.05) is 6.07 Å². The summed E-state index contributed by atoms with van der Waals surface area (Å²) in [6.45, 7) is 5.52. The minimum absolute atomic E-state index is 0.469. The minimum Gasteiger partial charge on any atom is -0.310 e. The average molecular weight is 294 g/mol. The fourth-order valence-corrected chi connectivity index (χ4v) is 3.56. The molecule has 1 nitrogen and oxygen atoms in total. The predicted octanol–water partition coefficient (Wildman–Crippen LogP) is 5.66. The van der Waals surface area contributed by atoms with Crippen molar-refractivity contribution >= 4 is 11.6 Å². The maximum atomic E-state index is 6.21. The molecule has 1 aliphatic rings. The van der Waals surface area contributed by atoms with Crippen molar-refractivity contribution in [2.24, 2.45) is 5.92 Å². The average Bonchev–Trinajstić information content (AvgIpc) is 2.47. The van der Waals surface area contributed by atoms with Gasteiger partial charge in [0.2, 0.25) is 0 Å². The molecule has 0 spiro atoms. The third-order valence-electron chi connectivity index (χ3n) is 4.55. The predicted molar refractivity (Wildman–Crippen MR) is 88.4 cm³/mol. The van der Waals surface area contributed by atoms with Crippen LogP contribution in [-0.2, 0) is 0 Å². The van der Waals surface area contributed by atoms with Crippen LogP contribution >= 0.6 is 11.6 Å². The summed E-state index contributed by atoms with van der Waals surface area (Å²) >= 11 is 6.21. The van der Waals surface area contributed by atoms with Crippen LogP contribution in [0.15, 0.2) is 18.2 Å². The summed E-state index contributed by atoms with van der Waals surface area (Å²) in [5.74, 6) is 0.886.